The third-order valence-electron chi connectivity index (χ3n) is 5.47. The first kappa shape index (κ1) is 18.4. The number of quaternary nitrogens is 1. The highest BCUT2D eigenvalue weighted by Crippen LogP contribution is 2.32. The van der Waals surface area contributed by atoms with Crippen molar-refractivity contribution in [2.24, 2.45) is 0 Å². The lowest BCUT2D eigenvalue weighted by molar-refractivity contribution is -0.915. The Hall–Kier alpha value is -2.39. The molecule has 3 nitrogen and oxygen atoms in total. The first-order valence-electron chi connectivity index (χ1n) is 9.43. The molecule has 136 valence electrons. The van der Waals surface area contributed by atoms with Gasteiger partial charge in [0.15, 0.2) is 0 Å². The minimum absolute atomic E-state index is 0.266. The second-order valence-electron chi connectivity index (χ2n) is 7.53. The zero-order valence-corrected chi connectivity index (χ0v) is 15.5. The average molecular weight is 350 g/mol. The van der Waals surface area contributed by atoms with Gasteiger partial charge in [0, 0.05) is 18.4 Å². The van der Waals surface area contributed by atoms with Crippen molar-refractivity contribution in [1.82, 2.24) is 0 Å². The van der Waals surface area contributed by atoms with Crippen molar-refractivity contribution in [1.29, 1.82) is 0 Å². The number of carboxylic acids is 1. The fourth-order valence-electron chi connectivity index (χ4n) is 3.94. The fraction of sp³-hybridized carbons (Fsp3) is 0.348. The van der Waals surface area contributed by atoms with Gasteiger partial charge in [-0.2, -0.15) is 0 Å². The number of carboxylic acid groups (broad SMARTS) is 1. The van der Waals surface area contributed by atoms with Gasteiger partial charge in [0.2, 0.25) is 0 Å². The minimum atomic E-state index is -0.696. The summed E-state index contributed by atoms with van der Waals surface area (Å²) in [4.78, 5) is 10.8. The molecule has 26 heavy (non-hydrogen) atoms. The van der Waals surface area contributed by atoms with Crippen molar-refractivity contribution in [3.63, 3.8) is 0 Å². The molecule has 0 saturated carbocycles. The van der Waals surface area contributed by atoms with Crippen molar-refractivity contribution in [2.45, 2.75) is 31.7 Å². The zero-order valence-electron chi connectivity index (χ0n) is 15.5. The van der Waals surface area contributed by atoms with Gasteiger partial charge in [0.1, 0.15) is 12.6 Å². The number of hydrogen-bond donors (Lipinski definition) is 1. The number of hydrogen-bond acceptors (Lipinski definition) is 1. The lowest BCUT2D eigenvalue weighted by Crippen LogP contribution is -2.50. The molecule has 0 saturated heterocycles. The van der Waals surface area contributed by atoms with Gasteiger partial charge in [-0.05, 0) is 30.0 Å². The molecule has 2 aromatic carbocycles. The maximum atomic E-state index is 10.8. The first-order valence-corrected chi connectivity index (χ1v) is 9.43. The summed E-state index contributed by atoms with van der Waals surface area (Å²) >= 11 is 0. The van der Waals surface area contributed by atoms with E-state index in [9.17, 15) is 4.79 Å². The van der Waals surface area contributed by atoms with Crippen LogP contribution in [0.4, 0.5) is 0 Å². The Balaban J connectivity index is 1.76. The van der Waals surface area contributed by atoms with E-state index in [2.05, 4.69) is 73.8 Å². The van der Waals surface area contributed by atoms with Gasteiger partial charge in [-0.25, -0.2) is 0 Å². The van der Waals surface area contributed by atoms with E-state index < -0.39 is 5.97 Å². The Morgan fingerprint density at radius 1 is 1.04 bits per heavy atom. The highest BCUT2D eigenvalue weighted by atomic mass is 16.4. The molecule has 0 unspecified atom stereocenters. The van der Waals surface area contributed by atoms with Gasteiger partial charge in [0.25, 0.3) is 0 Å². The van der Waals surface area contributed by atoms with Gasteiger partial charge >= 0.3 is 5.97 Å². The standard InChI is InChI=1S/C23H27NO2/c1-24(15-9-8-14-23(25)26)18-21(20-12-6-3-7-13-20)17-22(24)16-19-10-4-2-5-11-19/h2-7,10-13,17,22H,8-9,14-16,18H2,1H3/p+1/t22-,24-/m0/s1. The van der Waals surface area contributed by atoms with Crippen LogP contribution in [0, 0.1) is 0 Å². The lowest BCUT2D eigenvalue weighted by atomic mass is 10.0. The van der Waals surface area contributed by atoms with E-state index in [1.807, 2.05) is 0 Å². The van der Waals surface area contributed by atoms with Crippen molar-refractivity contribution < 1.29 is 14.4 Å². The third kappa shape index (κ3) is 4.61. The first-order chi connectivity index (χ1) is 12.6. The van der Waals surface area contributed by atoms with E-state index >= 15 is 0 Å². The fourth-order valence-corrected chi connectivity index (χ4v) is 3.94. The largest absolute Gasteiger partial charge is 0.481 e. The number of benzene rings is 2. The van der Waals surface area contributed by atoms with Gasteiger partial charge in [-0.3, -0.25) is 4.79 Å². The monoisotopic (exact) mass is 350 g/mol. The highest BCUT2D eigenvalue weighted by molar-refractivity contribution is 5.68. The van der Waals surface area contributed by atoms with Crippen LogP contribution in [0.2, 0.25) is 0 Å². The smallest absolute Gasteiger partial charge is 0.303 e. The van der Waals surface area contributed by atoms with E-state index in [-0.39, 0.29) is 6.42 Å². The number of unbranched alkanes of at least 4 members (excludes halogenated alkanes) is 1. The normalized spacial score (nSPS) is 22.2. The van der Waals surface area contributed by atoms with Gasteiger partial charge in [-0.15, -0.1) is 0 Å². The molecular weight excluding hydrogens is 322 g/mol. The molecule has 3 rings (SSSR count). The number of rotatable bonds is 8. The zero-order chi connectivity index (χ0) is 18.4. The Morgan fingerprint density at radius 2 is 1.69 bits per heavy atom. The van der Waals surface area contributed by atoms with E-state index in [1.165, 1.54) is 16.7 Å². The van der Waals surface area contributed by atoms with Gasteiger partial charge < -0.3 is 9.59 Å². The molecular formula is C23H28NO2+. The van der Waals surface area contributed by atoms with Crippen molar-refractivity contribution >= 4 is 11.5 Å². The molecule has 0 bridgehead atoms. The summed E-state index contributed by atoms with van der Waals surface area (Å²) in [6, 6.07) is 21.7. The second-order valence-corrected chi connectivity index (χ2v) is 7.53. The number of carbonyl (C=O) groups is 1. The molecule has 0 spiro atoms. The Kier molecular flexibility index (Phi) is 5.89. The average Bonchev–Trinajstić information content (AvgIpc) is 2.97. The Morgan fingerprint density at radius 3 is 2.35 bits per heavy atom. The third-order valence-corrected chi connectivity index (χ3v) is 5.47. The van der Waals surface area contributed by atoms with Gasteiger partial charge in [-0.1, -0.05) is 60.7 Å². The molecule has 0 aromatic heterocycles. The molecule has 1 aliphatic rings. The van der Waals surface area contributed by atoms with Crippen LogP contribution in [-0.2, 0) is 11.2 Å². The van der Waals surface area contributed by atoms with E-state index in [0.717, 1.165) is 36.8 Å². The maximum absolute atomic E-state index is 10.8. The van der Waals surface area contributed by atoms with Crippen LogP contribution in [-0.4, -0.2) is 41.7 Å². The van der Waals surface area contributed by atoms with Crippen LogP contribution in [0.5, 0.6) is 0 Å². The summed E-state index contributed by atoms with van der Waals surface area (Å²) in [5.41, 5.74) is 4.07. The summed E-state index contributed by atoms with van der Waals surface area (Å²) in [5.74, 6) is -0.696. The summed E-state index contributed by atoms with van der Waals surface area (Å²) in [5, 5.41) is 8.89. The van der Waals surface area contributed by atoms with Crippen molar-refractivity contribution in [3.8, 4) is 0 Å². The van der Waals surface area contributed by atoms with Crippen LogP contribution in [0.3, 0.4) is 0 Å². The maximum Gasteiger partial charge on any atom is 0.303 e. The molecule has 3 heteroatoms. The number of nitrogens with zero attached hydrogens (tertiary/aromatic N) is 1. The van der Waals surface area contributed by atoms with E-state index in [1.54, 1.807) is 0 Å². The van der Waals surface area contributed by atoms with Gasteiger partial charge in [0.05, 0.1) is 13.6 Å². The predicted molar refractivity (Wildman–Crippen MR) is 106 cm³/mol. The molecule has 1 N–H and O–H groups in total. The topological polar surface area (TPSA) is 37.3 Å². The molecule has 0 fully saturated rings. The molecule has 0 radical (unpaired) electrons. The highest BCUT2D eigenvalue weighted by Gasteiger charge is 2.37. The molecule has 0 aliphatic carbocycles. The molecule has 0 amide bonds. The second kappa shape index (κ2) is 8.33. The summed E-state index contributed by atoms with van der Waals surface area (Å²) in [6.07, 6.45) is 5.43. The summed E-state index contributed by atoms with van der Waals surface area (Å²) in [7, 11) is 2.32. The Labute approximate surface area is 156 Å². The number of likely N-dealkylation sites (N-methyl/N-ethyl adjacent to an activating group) is 1. The molecule has 2 atom stereocenters. The molecule has 2 aromatic rings. The lowest BCUT2D eigenvalue weighted by Gasteiger charge is -2.37. The Bertz CT molecular complexity index is 754. The van der Waals surface area contributed by atoms with Crippen LogP contribution < -0.4 is 0 Å². The SMILES string of the molecule is C[N@+]1(CCCCC(=O)O)CC(c2ccccc2)=C[C@@H]1Cc1ccccc1. The van der Waals surface area contributed by atoms with Crippen LogP contribution in [0.15, 0.2) is 66.7 Å². The van der Waals surface area contributed by atoms with E-state index in [4.69, 9.17) is 5.11 Å². The number of aliphatic carboxylic acids is 1. The summed E-state index contributed by atoms with van der Waals surface area (Å²) < 4.78 is 0.957. The quantitative estimate of drug-likeness (QED) is 0.566. The van der Waals surface area contributed by atoms with Crippen LogP contribution >= 0.6 is 0 Å². The van der Waals surface area contributed by atoms with Crippen LogP contribution in [0.1, 0.15) is 30.4 Å². The van der Waals surface area contributed by atoms with Crippen LogP contribution in [0.25, 0.3) is 5.57 Å². The minimum Gasteiger partial charge on any atom is -0.481 e. The molecule has 1 heterocycles. The van der Waals surface area contributed by atoms with Crippen molar-refractivity contribution in [3.05, 3.63) is 77.9 Å². The van der Waals surface area contributed by atoms with E-state index in [0.29, 0.717) is 6.04 Å². The summed E-state index contributed by atoms with van der Waals surface area (Å²) in [6.45, 7) is 2.02. The van der Waals surface area contributed by atoms with Crippen molar-refractivity contribution in [2.75, 3.05) is 20.1 Å². The molecule has 1 aliphatic heterocycles. The predicted octanol–water partition coefficient (Wildman–Crippen LogP) is 4.40.